The van der Waals surface area contributed by atoms with Gasteiger partial charge in [0.2, 0.25) is 0 Å². The summed E-state index contributed by atoms with van der Waals surface area (Å²) in [5.41, 5.74) is 0. The number of carbonyl (C=O) groups excluding carboxylic acids is 4. The van der Waals surface area contributed by atoms with Crippen molar-refractivity contribution >= 4 is 39.5 Å². The van der Waals surface area contributed by atoms with Crippen LogP contribution >= 0.6 is 15.6 Å². The molecule has 0 saturated carbocycles. The number of hydrogen-bond acceptors (Lipinski definition) is 15. The van der Waals surface area contributed by atoms with Crippen LogP contribution in [0.2, 0.25) is 0 Å². The number of phosphoric ester groups is 2. The van der Waals surface area contributed by atoms with Crippen LogP contribution in [0.25, 0.3) is 0 Å². The lowest BCUT2D eigenvalue weighted by Crippen LogP contribution is -2.30. The van der Waals surface area contributed by atoms with Crippen molar-refractivity contribution in [2.45, 2.75) is 464 Å². The van der Waals surface area contributed by atoms with E-state index in [4.69, 9.17) is 37.0 Å². The van der Waals surface area contributed by atoms with E-state index in [2.05, 4.69) is 41.5 Å². The molecule has 0 heterocycles. The highest BCUT2D eigenvalue weighted by atomic mass is 31.2. The second-order valence-electron chi connectivity index (χ2n) is 31.2. The molecule has 0 bridgehead atoms. The summed E-state index contributed by atoms with van der Waals surface area (Å²) in [7, 11) is -9.92. The minimum Gasteiger partial charge on any atom is -0.462 e. The van der Waals surface area contributed by atoms with Crippen LogP contribution in [0.3, 0.4) is 0 Å². The van der Waals surface area contributed by atoms with Crippen molar-refractivity contribution in [3.63, 3.8) is 0 Å². The molecule has 0 aromatic heterocycles. The average molecular weight is 1510 g/mol. The molecule has 0 aromatic rings. The summed E-state index contributed by atoms with van der Waals surface area (Å²) in [5, 5.41) is 10.7. The van der Waals surface area contributed by atoms with Crippen molar-refractivity contribution in [1.82, 2.24) is 0 Å². The van der Waals surface area contributed by atoms with Gasteiger partial charge < -0.3 is 33.8 Å². The van der Waals surface area contributed by atoms with E-state index in [0.29, 0.717) is 25.7 Å². The van der Waals surface area contributed by atoms with Crippen molar-refractivity contribution in [3.05, 3.63) is 0 Å². The van der Waals surface area contributed by atoms with E-state index in [-0.39, 0.29) is 25.7 Å². The first-order chi connectivity index (χ1) is 49.9. The van der Waals surface area contributed by atoms with Crippen LogP contribution in [0.1, 0.15) is 446 Å². The third-order valence-electron chi connectivity index (χ3n) is 19.7. The molecule has 5 atom stereocenters. The Labute approximate surface area is 632 Å². The monoisotopic (exact) mass is 1510 g/mol. The molecule has 0 rings (SSSR count). The van der Waals surface area contributed by atoms with Gasteiger partial charge in [-0.15, -0.1) is 0 Å². The van der Waals surface area contributed by atoms with Crippen molar-refractivity contribution in [2.24, 2.45) is 11.8 Å². The molecule has 103 heavy (non-hydrogen) atoms. The molecule has 612 valence electrons. The lowest BCUT2D eigenvalue weighted by Gasteiger charge is -2.21. The number of rotatable bonds is 83. The molecule has 0 radical (unpaired) electrons. The lowest BCUT2D eigenvalue weighted by atomic mass is 10.0. The molecule has 0 fully saturated rings. The average Bonchev–Trinajstić information content (AvgIpc) is 0.929. The second kappa shape index (κ2) is 75.5. The summed E-state index contributed by atoms with van der Waals surface area (Å²) >= 11 is 0. The van der Waals surface area contributed by atoms with E-state index in [1.165, 1.54) is 263 Å². The molecule has 0 aliphatic rings. The first-order valence-electron chi connectivity index (χ1n) is 43.5. The van der Waals surface area contributed by atoms with Gasteiger partial charge in [-0.05, 0) is 37.5 Å². The number of aliphatic hydroxyl groups is 1. The number of phosphoric acid groups is 2. The van der Waals surface area contributed by atoms with E-state index in [1.807, 2.05) is 0 Å². The predicted octanol–water partition coefficient (Wildman–Crippen LogP) is 25.5. The molecule has 0 aliphatic heterocycles. The molecular weight excluding hydrogens is 1340 g/mol. The number of aliphatic hydroxyl groups excluding tert-OH is 1. The van der Waals surface area contributed by atoms with Crippen LogP contribution < -0.4 is 0 Å². The zero-order valence-corrected chi connectivity index (χ0v) is 69.4. The van der Waals surface area contributed by atoms with Gasteiger partial charge >= 0.3 is 39.5 Å². The topological polar surface area (TPSA) is 237 Å². The molecule has 2 unspecified atom stereocenters. The highest BCUT2D eigenvalue weighted by Gasteiger charge is 2.30. The summed E-state index contributed by atoms with van der Waals surface area (Å²) in [6.07, 6.45) is 66.5. The minimum atomic E-state index is -4.96. The molecule has 0 aromatic carbocycles. The standard InChI is InChI=1S/C84H164O17P2/c1-7-9-11-13-15-17-19-29-38-44-50-56-62-68-83(88)100-79(72-94-81(86)66-60-54-48-42-34-18-16-14-12-10-8-2)74-98-102(90,91)96-70-78(85)71-97-103(92,93)99-75-80(73-95-82(87)67-61-55-49-43-37-32-28-24-26-31-36-41-47-53-59-65-77(5)6)101-84(89)69-63-57-51-45-39-33-27-23-21-20-22-25-30-35-40-46-52-58-64-76(3)4/h76-80,85H,7-75H2,1-6H3,(H,90,91)(H,92,93)/t78-,79+,80+/m0/s1. The largest absolute Gasteiger partial charge is 0.472 e. The quantitative estimate of drug-likeness (QED) is 0.0222. The van der Waals surface area contributed by atoms with Crippen LogP contribution in [-0.4, -0.2) is 96.7 Å². The summed E-state index contributed by atoms with van der Waals surface area (Å²) in [4.78, 5) is 73.1. The van der Waals surface area contributed by atoms with E-state index in [9.17, 15) is 43.2 Å². The molecule has 0 spiro atoms. The first kappa shape index (κ1) is 101. The van der Waals surface area contributed by atoms with E-state index < -0.39 is 97.5 Å². The SMILES string of the molecule is CCCCCCCCCCCCCCCC(=O)O[C@H](COC(=O)CCCCCCCCCCCCC)COP(=O)(O)OC[C@H](O)COP(=O)(O)OC[C@@H](COC(=O)CCCCCCCCCCCCCCCCCC(C)C)OC(=O)CCCCCCCCCCCCCCCCCCCCC(C)C. The fraction of sp³-hybridized carbons (Fsp3) is 0.952. The zero-order valence-electron chi connectivity index (χ0n) is 67.6. The summed E-state index contributed by atoms with van der Waals surface area (Å²) in [6.45, 7) is 9.72. The Morgan fingerprint density at radius 2 is 0.447 bits per heavy atom. The second-order valence-corrected chi connectivity index (χ2v) is 34.1. The number of esters is 4. The van der Waals surface area contributed by atoms with Crippen molar-refractivity contribution in [3.8, 4) is 0 Å². The normalized spacial score (nSPS) is 13.9. The van der Waals surface area contributed by atoms with E-state index in [1.54, 1.807) is 0 Å². The number of carbonyl (C=O) groups is 4. The minimum absolute atomic E-state index is 0.108. The number of ether oxygens (including phenoxy) is 4. The maximum atomic E-state index is 13.1. The van der Waals surface area contributed by atoms with Gasteiger partial charge in [0.25, 0.3) is 0 Å². The summed E-state index contributed by atoms with van der Waals surface area (Å²) < 4.78 is 68.8. The van der Waals surface area contributed by atoms with Crippen LogP contribution in [0, 0.1) is 11.8 Å². The number of hydrogen-bond donors (Lipinski definition) is 3. The fourth-order valence-corrected chi connectivity index (χ4v) is 14.6. The van der Waals surface area contributed by atoms with Crippen molar-refractivity contribution in [2.75, 3.05) is 39.6 Å². The molecule has 3 N–H and O–H groups in total. The Kier molecular flexibility index (Phi) is 74.1. The van der Waals surface area contributed by atoms with Crippen LogP contribution in [0.4, 0.5) is 0 Å². The Balaban J connectivity index is 5.23. The zero-order chi connectivity index (χ0) is 75.6. The maximum absolute atomic E-state index is 13.1. The fourth-order valence-electron chi connectivity index (χ4n) is 13.1. The predicted molar refractivity (Wildman–Crippen MR) is 423 cm³/mol. The van der Waals surface area contributed by atoms with Gasteiger partial charge in [0.05, 0.1) is 26.4 Å². The van der Waals surface area contributed by atoms with Gasteiger partial charge in [-0.25, -0.2) is 9.13 Å². The van der Waals surface area contributed by atoms with Crippen LogP contribution in [-0.2, 0) is 65.4 Å². The smallest absolute Gasteiger partial charge is 0.462 e. The summed E-state index contributed by atoms with van der Waals surface area (Å²) in [5.74, 6) is -0.476. The molecule has 19 heteroatoms. The van der Waals surface area contributed by atoms with Crippen LogP contribution in [0.5, 0.6) is 0 Å². The highest BCUT2D eigenvalue weighted by molar-refractivity contribution is 7.47. The molecule has 17 nitrogen and oxygen atoms in total. The van der Waals surface area contributed by atoms with Gasteiger partial charge in [-0.2, -0.15) is 0 Å². The molecule has 0 saturated heterocycles. The van der Waals surface area contributed by atoms with E-state index >= 15 is 0 Å². The Bertz CT molecular complexity index is 1980. The summed E-state index contributed by atoms with van der Waals surface area (Å²) in [6, 6.07) is 0. The lowest BCUT2D eigenvalue weighted by molar-refractivity contribution is -0.161. The van der Waals surface area contributed by atoms with Crippen molar-refractivity contribution < 1.29 is 80.2 Å². The third kappa shape index (κ3) is 78.0. The van der Waals surface area contributed by atoms with Gasteiger partial charge in [0.1, 0.15) is 19.3 Å². The highest BCUT2D eigenvalue weighted by Crippen LogP contribution is 2.45. The van der Waals surface area contributed by atoms with E-state index in [0.717, 1.165) is 102 Å². The number of unbranched alkanes of at least 4 members (excludes halogenated alkanes) is 53. The molecule has 0 aliphatic carbocycles. The Hall–Kier alpha value is -1.94. The molecular formula is C84H164O17P2. The molecule has 0 amide bonds. The van der Waals surface area contributed by atoms with Gasteiger partial charge in [-0.3, -0.25) is 37.3 Å². The van der Waals surface area contributed by atoms with Gasteiger partial charge in [0, 0.05) is 25.7 Å². The Morgan fingerprint density at radius 3 is 0.660 bits per heavy atom. The van der Waals surface area contributed by atoms with Gasteiger partial charge in [0.15, 0.2) is 12.2 Å². The van der Waals surface area contributed by atoms with Crippen LogP contribution in [0.15, 0.2) is 0 Å². The first-order valence-corrected chi connectivity index (χ1v) is 46.5. The van der Waals surface area contributed by atoms with Crippen molar-refractivity contribution in [1.29, 1.82) is 0 Å². The van der Waals surface area contributed by atoms with Gasteiger partial charge in [-0.1, -0.05) is 395 Å². The third-order valence-corrected chi connectivity index (χ3v) is 21.6. The maximum Gasteiger partial charge on any atom is 0.472 e. The Morgan fingerprint density at radius 1 is 0.262 bits per heavy atom.